The van der Waals surface area contributed by atoms with Gasteiger partial charge in [0.25, 0.3) is 0 Å². The van der Waals surface area contributed by atoms with Crippen LogP contribution in [0.3, 0.4) is 0 Å². The van der Waals surface area contributed by atoms with E-state index < -0.39 is 5.97 Å². The maximum absolute atomic E-state index is 11.1. The maximum atomic E-state index is 11.1. The van der Waals surface area contributed by atoms with Crippen LogP contribution in [-0.4, -0.2) is 16.1 Å². The number of rotatable bonds is 2. The zero-order chi connectivity index (χ0) is 13.4. The SMILES string of the molecule is O=C(O)c1sccc1-c1ccc2nc(Cl)ccc2c1. The summed E-state index contributed by atoms with van der Waals surface area (Å²) < 4.78 is 0. The Morgan fingerprint density at radius 3 is 2.84 bits per heavy atom. The molecule has 0 radical (unpaired) electrons. The van der Waals surface area contributed by atoms with E-state index in [4.69, 9.17) is 16.7 Å². The number of halogens is 1. The Morgan fingerprint density at radius 1 is 1.21 bits per heavy atom. The number of thiophene rings is 1. The van der Waals surface area contributed by atoms with Crippen molar-refractivity contribution in [2.75, 3.05) is 0 Å². The smallest absolute Gasteiger partial charge is 0.346 e. The topological polar surface area (TPSA) is 50.2 Å². The van der Waals surface area contributed by atoms with Crippen LogP contribution in [0.4, 0.5) is 0 Å². The van der Waals surface area contributed by atoms with E-state index in [1.165, 1.54) is 11.3 Å². The molecule has 0 spiro atoms. The highest BCUT2D eigenvalue weighted by Gasteiger charge is 2.13. The highest BCUT2D eigenvalue weighted by molar-refractivity contribution is 7.12. The normalized spacial score (nSPS) is 10.8. The minimum absolute atomic E-state index is 0.348. The molecule has 5 heteroatoms. The fourth-order valence-electron chi connectivity index (χ4n) is 1.97. The Hall–Kier alpha value is -1.91. The first-order valence-electron chi connectivity index (χ1n) is 5.52. The molecule has 3 aromatic rings. The van der Waals surface area contributed by atoms with Crippen LogP contribution in [-0.2, 0) is 0 Å². The van der Waals surface area contributed by atoms with Gasteiger partial charge in [-0.1, -0.05) is 17.7 Å². The third-order valence-corrected chi connectivity index (χ3v) is 3.94. The maximum Gasteiger partial charge on any atom is 0.346 e. The molecular weight excluding hydrogens is 282 g/mol. The minimum Gasteiger partial charge on any atom is -0.477 e. The number of carbonyl (C=O) groups is 1. The summed E-state index contributed by atoms with van der Waals surface area (Å²) in [5.41, 5.74) is 2.40. The van der Waals surface area contributed by atoms with Gasteiger partial charge in [0.1, 0.15) is 10.0 Å². The lowest BCUT2D eigenvalue weighted by molar-refractivity contribution is 0.0703. The molecular formula is C14H8ClNO2S. The first-order valence-corrected chi connectivity index (χ1v) is 6.78. The van der Waals surface area contributed by atoms with Gasteiger partial charge in [-0.25, -0.2) is 9.78 Å². The molecule has 0 fully saturated rings. The van der Waals surface area contributed by atoms with Crippen LogP contribution in [0, 0.1) is 0 Å². The number of aromatic nitrogens is 1. The largest absolute Gasteiger partial charge is 0.477 e. The summed E-state index contributed by atoms with van der Waals surface area (Å²) in [6, 6.07) is 11.0. The first-order chi connectivity index (χ1) is 9.15. The third kappa shape index (κ3) is 2.20. The van der Waals surface area contributed by atoms with Gasteiger partial charge in [-0.05, 0) is 41.3 Å². The van der Waals surface area contributed by atoms with Crippen LogP contribution in [0.1, 0.15) is 9.67 Å². The summed E-state index contributed by atoms with van der Waals surface area (Å²) >= 11 is 7.06. The van der Waals surface area contributed by atoms with Crippen molar-refractivity contribution in [3.63, 3.8) is 0 Å². The van der Waals surface area contributed by atoms with Gasteiger partial charge in [-0.15, -0.1) is 11.3 Å². The van der Waals surface area contributed by atoms with Gasteiger partial charge in [0.2, 0.25) is 0 Å². The summed E-state index contributed by atoms with van der Waals surface area (Å²) in [5.74, 6) is -0.903. The van der Waals surface area contributed by atoms with Crippen molar-refractivity contribution in [1.29, 1.82) is 0 Å². The van der Waals surface area contributed by atoms with E-state index in [1.54, 1.807) is 11.4 Å². The number of fused-ring (bicyclic) bond motifs is 1. The monoisotopic (exact) mass is 289 g/mol. The van der Waals surface area contributed by atoms with Crippen molar-refractivity contribution in [3.05, 3.63) is 51.8 Å². The number of nitrogens with zero attached hydrogens (tertiary/aromatic N) is 1. The predicted octanol–water partition coefficient (Wildman–Crippen LogP) is 4.31. The molecule has 0 unspecified atom stereocenters. The number of hydrogen-bond acceptors (Lipinski definition) is 3. The number of hydrogen-bond donors (Lipinski definition) is 1. The van der Waals surface area contributed by atoms with Crippen LogP contribution in [0.5, 0.6) is 0 Å². The Balaban J connectivity index is 2.18. The molecule has 0 aliphatic rings. The third-order valence-electron chi connectivity index (χ3n) is 2.83. The number of carboxylic acid groups (broad SMARTS) is 1. The molecule has 0 saturated heterocycles. The molecule has 0 saturated carbocycles. The Labute approximate surface area is 118 Å². The van der Waals surface area contributed by atoms with E-state index in [-0.39, 0.29) is 0 Å². The molecule has 2 heterocycles. The van der Waals surface area contributed by atoms with Gasteiger partial charge in [-0.3, -0.25) is 0 Å². The standard InChI is InChI=1S/C14H8ClNO2S/c15-12-4-2-9-7-8(1-3-11(9)16-12)10-5-6-19-13(10)14(17)18/h1-7H,(H,17,18). The van der Waals surface area contributed by atoms with E-state index in [2.05, 4.69) is 4.98 Å². The van der Waals surface area contributed by atoms with Crippen LogP contribution in [0.25, 0.3) is 22.0 Å². The molecule has 3 nitrogen and oxygen atoms in total. The van der Waals surface area contributed by atoms with E-state index in [9.17, 15) is 4.79 Å². The average Bonchev–Trinajstić information content (AvgIpc) is 2.87. The lowest BCUT2D eigenvalue weighted by Crippen LogP contribution is -1.94. The zero-order valence-electron chi connectivity index (χ0n) is 9.63. The second kappa shape index (κ2) is 4.64. The number of aromatic carboxylic acids is 1. The highest BCUT2D eigenvalue weighted by atomic mass is 35.5. The average molecular weight is 290 g/mol. The second-order valence-corrected chi connectivity index (χ2v) is 5.31. The molecule has 0 atom stereocenters. The first kappa shape index (κ1) is 12.1. The molecule has 0 bridgehead atoms. The second-order valence-electron chi connectivity index (χ2n) is 4.01. The van der Waals surface area contributed by atoms with Crippen LogP contribution < -0.4 is 0 Å². The highest BCUT2D eigenvalue weighted by Crippen LogP contribution is 2.30. The summed E-state index contributed by atoms with van der Waals surface area (Å²) in [6.07, 6.45) is 0. The van der Waals surface area contributed by atoms with Crippen molar-refractivity contribution < 1.29 is 9.90 Å². The van der Waals surface area contributed by atoms with Gasteiger partial charge in [-0.2, -0.15) is 0 Å². The molecule has 0 aliphatic carbocycles. The van der Waals surface area contributed by atoms with Gasteiger partial charge in [0, 0.05) is 10.9 Å². The van der Waals surface area contributed by atoms with Crippen molar-refractivity contribution in [2.24, 2.45) is 0 Å². The summed E-state index contributed by atoms with van der Waals surface area (Å²) in [6.45, 7) is 0. The molecule has 3 rings (SSSR count). The van der Waals surface area contributed by atoms with E-state index in [0.717, 1.165) is 22.0 Å². The summed E-state index contributed by atoms with van der Waals surface area (Å²) in [7, 11) is 0. The van der Waals surface area contributed by atoms with Crippen molar-refractivity contribution >= 4 is 39.8 Å². The molecule has 1 aromatic carbocycles. The number of benzene rings is 1. The summed E-state index contributed by atoms with van der Waals surface area (Å²) in [5, 5.41) is 12.3. The van der Waals surface area contributed by atoms with Gasteiger partial charge in [0.15, 0.2) is 0 Å². The fraction of sp³-hybridized carbons (Fsp3) is 0. The molecule has 2 aromatic heterocycles. The Morgan fingerprint density at radius 2 is 2.05 bits per heavy atom. The summed E-state index contributed by atoms with van der Waals surface area (Å²) in [4.78, 5) is 15.7. The van der Waals surface area contributed by atoms with Crippen LogP contribution in [0.2, 0.25) is 5.15 Å². The zero-order valence-corrected chi connectivity index (χ0v) is 11.2. The van der Waals surface area contributed by atoms with E-state index in [1.807, 2.05) is 30.3 Å². The van der Waals surface area contributed by atoms with Crippen molar-refractivity contribution in [1.82, 2.24) is 4.98 Å². The van der Waals surface area contributed by atoms with Crippen LogP contribution in [0.15, 0.2) is 41.8 Å². The Bertz CT molecular complexity index is 782. The lowest BCUT2D eigenvalue weighted by Gasteiger charge is -2.03. The van der Waals surface area contributed by atoms with Gasteiger partial charge < -0.3 is 5.11 Å². The molecule has 94 valence electrons. The van der Waals surface area contributed by atoms with Gasteiger partial charge >= 0.3 is 5.97 Å². The van der Waals surface area contributed by atoms with Gasteiger partial charge in [0.05, 0.1) is 5.52 Å². The molecule has 1 N–H and O–H groups in total. The molecule has 0 aliphatic heterocycles. The predicted molar refractivity (Wildman–Crippen MR) is 77.0 cm³/mol. The van der Waals surface area contributed by atoms with Crippen molar-refractivity contribution in [2.45, 2.75) is 0 Å². The number of carboxylic acids is 1. The van der Waals surface area contributed by atoms with E-state index >= 15 is 0 Å². The Kier molecular flexibility index (Phi) is 2.97. The minimum atomic E-state index is -0.903. The van der Waals surface area contributed by atoms with Crippen LogP contribution >= 0.6 is 22.9 Å². The quantitative estimate of drug-likeness (QED) is 0.715. The lowest BCUT2D eigenvalue weighted by atomic mass is 10.0. The van der Waals surface area contributed by atoms with E-state index in [0.29, 0.717) is 10.0 Å². The van der Waals surface area contributed by atoms with Crippen molar-refractivity contribution in [3.8, 4) is 11.1 Å². The molecule has 19 heavy (non-hydrogen) atoms. The number of pyridine rings is 1. The fourth-order valence-corrected chi connectivity index (χ4v) is 2.88. The molecule has 0 amide bonds.